The minimum atomic E-state index is -0.299. The summed E-state index contributed by atoms with van der Waals surface area (Å²) in [4.78, 5) is 12.5. The molecule has 122 valence electrons. The van der Waals surface area contributed by atoms with Crippen LogP contribution in [0.25, 0.3) is 0 Å². The highest BCUT2D eigenvalue weighted by Gasteiger charge is 2.36. The minimum absolute atomic E-state index is 0.155. The fourth-order valence-corrected chi connectivity index (χ4v) is 3.23. The Bertz CT molecular complexity index is 822. The van der Waals surface area contributed by atoms with E-state index in [-0.39, 0.29) is 11.8 Å². The summed E-state index contributed by atoms with van der Waals surface area (Å²) >= 11 is 0. The van der Waals surface area contributed by atoms with Crippen molar-refractivity contribution in [1.29, 1.82) is 0 Å². The molecule has 24 heavy (non-hydrogen) atoms. The molecule has 2 aliphatic rings. The Labute approximate surface area is 139 Å². The third-order valence-corrected chi connectivity index (χ3v) is 4.29. The van der Waals surface area contributed by atoms with Crippen molar-refractivity contribution in [3.63, 3.8) is 0 Å². The highest BCUT2D eigenvalue weighted by Crippen LogP contribution is 2.39. The standard InChI is InChI=1S/C17H17N5O2/c1-2-10-24-12-8-6-11(7-9-12)16-15-13(4-3-5-14(15)23)18-17-19-20-21-22(16)17/h2,6-9,16H,1,3-5,10H2,(H,18,19,21). The molecular formula is C17H17N5O2. The largest absolute Gasteiger partial charge is 0.490 e. The monoisotopic (exact) mass is 323 g/mol. The van der Waals surface area contributed by atoms with E-state index in [1.807, 2.05) is 24.3 Å². The van der Waals surface area contributed by atoms with E-state index < -0.39 is 0 Å². The van der Waals surface area contributed by atoms with Gasteiger partial charge in [-0.3, -0.25) is 4.79 Å². The van der Waals surface area contributed by atoms with Gasteiger partial charge in [0.1, 0.15) is 18.4 Å². The number of fused-ring (bicyclic) bond motifs is 1. The van der Waals surface area contributed by atoms with E-state index >= 15 is 0 Å². The fourth-order valence-electron chi connectivity index (χ4n) is 3.23. The van der Waals surface area contributed by atoms with E-state index in [4.69, 9.17) is 4.74 Å². The molecule has 1 aliphatic heterocycles. The van der Waals surface area contributed by atoms with Gasteiger partial charge in [0.2, 0.25) is 5.95 Å². The molecule has 4 rings (SSSR count). The summed E-state index contributed by atoms with van der Waals surface area (Å²) in [6.45, 7) is 4.09. The highest BCUT2D eigenvalue weighted by atomic mass is 16.5. The molecule has 2 heterocycles. The van der Waals surface area contributed by atoms with Crippen molar-refractivity contribution in [3.05, 3.63) is 53.8 Å². The summed E-state index contributed by atoms with van der Waals surface area (Å²) in [7, 11) is 0. The predicted octanol–water partition coefficient (Wildman–Crippen LogP) is 2.26. The first-order valence-corrected chi connectivity index (χ1v) is 7.92. The van der Waals surface area contributed by atoms with Crippen molar-refractivity contribution in [2.75, 3.05) is 11.9 Å². The molecule has 7 heteroatoms. The van der Waals surface area contributed by atoms with Crippen LogP contribution in [-0.2, 0) is 4.79 Å². The van der Waals surface area contributed by atoms with E-state index in [1.165, 1.54) is 0 Å². The average Bonchev–Trinajstić information content (AvgIpc) is 3.07. The second kappa shape index (κ2) is 5.92. The number of rotatable bonds is 4. The molecule has 0 saturated carbocycles. The number of allylic oxidation sites excluding steroid dienone is 2. The molecule has 1 aliphatic carbocycles. The number of carbonyl (C=O) groups excluding carboxylic acids is 1. The quantitative estimate of drug-likeness (QED) is 0.869. The topological polar surface area (TPSA) is 81.9 Å². The molecule has 0 bridgehead atoms. The van der Waals surface area contributed by atoms with Crippen molar-refractivity contribution in [2.45, 2.75) is 25.3 Å². The molecule has 0 amide bonds. The van der Waals surface area contributed by atoms with Gasteiger partial charge in [0, 0.05) is 17.7 Å². The van der Waals surface area contributed by atoms with Crippen molar-refractivity contribution < 1.29 is 9.53 Å². The van der Waals surface area contributed by atoms with Crippen LogP contribution in [0.2, 0.25) is 0 Å². The number of ketones is 1. The van der Waals surface area contributed by atoms with Gasteiger partial charge < -0.3 is 10.1 Å². The molecule has 2 aromatic rings. The number of nitrogens with zero attached hydrogens (tertiary/aromatic N) is 4. The molecule has 7 nitrogen and oxygen atoms in total. The van der Waals surface area contributed by atoms with Crippen molar-refractivity contribution >= 4 is 11.7 Å². The SMILES string of the molecule is C=CCOc1ccc(C2C3=C(CCCC3=O)Nc3nnnn32)cc1. The lowest BCUT2D eigenvalue weighted by molar-refractivity contribution is -0.116. The number of hydrogen-bond acceptors (Lipinski definition) is 6. The lowest BCUT2D eigenvalue weighted by Gasteiger charge is -2.31. The number of hydrogen-bond donors (Lipinski definition) is 1. The van der Waals surface area contributed by atoms with Crippen molar-refractivity contribution in [3.8, 4) is 5.75 Å². The van der Waals surface area contributed by atoms with E-state index in [1.54, 1.807) is 10.8 Å². The number of aromatic nitrogens is 4. The molecule has 1 unspecified atom stereocenters. The van der Waals surface area contributed by atoms with Crippen LogP contribution in [-0.4, -0.2) is 32.6 Å². The van der Waals surface area contributed by atoms with Gasteiger partial charge in [-0.1, -0.05) is 29.9 Å². The Morgan fingerprint density at radius 1 is 1.33 bits per heavy atom. The zero-order valence-electron chi connectivity index (χ0n) is 13.1. The summed E-state index contributed by atoms with van der Waals surface area (Å²) in [6, 6.07) is 7.38. The fraction of sp³-hybridized carbons (Fsp3) is 0.294. The molecule has 0 radical (unpaired) electrons. The summed E-state index contributed by atoms with van der Waals surface area (Å²) < 4.78 is 7.19. The van der Waals surface area contributed by atoms with Crippen LogP contribution < -0.4 is 10.1 Å². The van der Waals surface area contributed by atoms with Crippen LogP contribution in [0.3, 0.4) is 0 Å². The second-order valence-electron chi connectivity index (χ2n) is 5.81. The Morgan fingerprint density at radius 2 is 2.17 bits per heavy atom. The zero-order chi connectivity index (χ0) is 16.5. The normalized spacial score (nSPS) is 19.3. The van der Waals surface area contributed by atoms with Crippen molar-refractivity contribution in [2.24, 2.45) is 0 Å². The predicted molar refractivity (Wildman–Crippen MR) is 87.6 cm³/mol. The number of nitrogens with one attached hydrogen (secondary N) is 1. The molecule has 0 fully saturated rings. The first kappa shape index (κ1) is 14.6. The van der Waals surface area contributed by atoms with E-state index in [0.29, 0.717) is 19.0 Å². The van der Waals surface area contributed by atoms with E-state index in [9.17, 15) is 4.79 Å². The zero-order valence-corrected chi connectivity index (χ0v) is 13.1. The third-order valence-electron chi connectivity index (χ3n) is 4.29. The molecular weight excluding hydrogens is 306 g/mol. The summed E-state index contributed by atoms with van der Waals surface area (Å²) in [6.07, 6.45) is 3.96. The first-order chi connectivity index (χ1) is 11.8. The Kier molecular flexibility index (Phi) is 3.60. The maximum Gasteiger partial charge on any atom is 0.248 e. The van der Waals surface area contributed by atoms with Crippen LogP contribution >= 0.6 is 0 Å². The van der Waals surface area contributed by atoms with Crippen LogP contribution in [0.4, 0.5) is 5.95 Å². The summed E-state index contributed by atoms with van der Waals surface area (Å²) in [5, 5.41) is 15.0. The minimum Gasteiger partial charge on any atom is -0.490 e. The summed E-state index contributed by atoms with van der Waals surface area (Å²) in [5.41, 5.74) is 2.66. The van der Waals surface area contributed by atoms with E-state index in [0.717, 1.165) is 35.4 Å². The number of tetrazole rings is 1. The van der Waals surface area contributed by atoms with Gasteiger partial charge in [-0.2, -0.15) is 4.68 Å². The van der Waals surface area contributed by atoms with Crippen LogP contribution in [0.5, 0.6) is 5.75 Å². The average molecular weight is 323 g/mol. The maximum atomic E-state index is 12.5. The van der Waals surface area contributed by atoms with Crippen LogP contribution in [0, 0.1) is 0 Å². The molecule has 1 aromatic carbocycles. The lowest BCUT2D eigenvalue weighted by atomic mass is 9.85. The third kappa shape index (κ3) is 2.38. The maximum absolute atomic E-state index is 12.5. The number of anilines is 1. The first-order valence-electron chi connectivity index (χ1n) is 7.92. The Morgan fingerprint density at radius 3 is 2.96 bits per heavy atom. The van der Waals surface area contributed by atoms with E-state index in [2.05, 4.69) is 27.4 Å². The smallest absolute Gasteiger partial charge is 0.248 e. The molecule has 0 saturated heterocycles. The molecule has 1 aromatic heterocycles. The number of carbonyl (C=O) groups is 1. The Balaban J connectivity index is 1.75. The van der Waals surface area contributed by atoms with Gasteiger partial charge in [-0.05, 0) is 41.0 Å². The number of Topliss-reactive ketones (excluding diaryl/α,β-unsaturated/α-hetero) is 1. The molecule has 0 spiro atoms. The van der Waals surface area contributed by atoms with Gasteiger partial charge in [0.25, 0.3) is 0 Å². The Hall–Kier alpha value is -2.96. The number of benzene rings is 1. The molecule has 1 N–H and O–H groups in total. The summed E-state index contributed by atoms with van der Waals surface area (Å²) in [5.74, 6) is 1.48. The molecule has 1 atom stereocenters. The number of ether oxygens (including phenoxy) is 1. The van der Waals surface area contributed by atoms with Gasteiger partial charge in [-0.15, -0.1) is 0 Å². The highest BCUT2D eigenvalue weighted by molar-refractivity contribution is 5.99. The van der Waals surface area contributed by atoms with Gasteiger partial charge in [0.05, 0.1) is 0 Å². The van der Waals surface area contributed by atoms with Gasteiger partial charge >= 0.3 is 0 Å². The van der Waals surface area contributed by atoms with Gasteiger partial charge in [-0.25, -0.2) is 0 Å². The van der Waals surface area contributed by atoms with Crippen molar-refractivity contribution in [1.82, 2.24) is 20.2 Å². The van der Waals surface area contributed by atoms with Crippen LogP contribution in [0.1, 0.15) is 30.9 Å². The second-order valence-corrected chi connectivity index (χ2v) is 5.81. The lowest BCUT2D eigenvalue weighted by Crippen LogP contribution is -2.31. The van der Waals surface area contributed by atoms with Gasteiger partial charge in [0.15, 0.2) is 5.78 Å². The van der Waals surface area contributed by atoms with Crippen LogP contribution in [0.15, 0.2) is 48.2 Å².